The van der Waals surface area contributed by atoms with Gasteiger partial charge >= 0.3 is 0 Å². The van der Waals surface area contributed by atoms with Crippen molar-refractivity contribution in [2.24, 2.45) is 46.3 Å². The smallest absolute Gasteiger partial charge is 0.258 e. The predicted molar refractivity (Wildman–Crippen MR) is 147 cm³/mol. The third kappa shape index (κ3) is 4.02. The molecule has 202 valence electrons. The van der Waals surface area contributed by atoms with Crippen LogP contribution < -0.4 is 5.56 Å². The van der Waals surface area contributed by atoms with Gasteiger partial charge < -0.3 is 15.2 Å². The summed E-state index contributed by atoms with van der Waals surface area (Å²) in [6.45, 7) is 7.21. The van der Waals surface area contributed by atoms with Gasteiger partial charge in [-0.25, -0.2) is 4.98 Å². The first-order chi connectivity index (χ1) is 17.6. The van der Waals surface area contributed by atoms with E-state index in [0.29, 0.717) is 63.7 Å². The predicted octanol–water partition coefficient (Wildman–Crippen LogP) is 6.14. The molecule has 2 aromatic rings. The van der Waals surface area contributed by atoms with Crippen LogP contribution >= 0.6 is 11.6 Å². The molecule has 4 saturated carbocycles. The summed E-state index contributed by atoms with van der Waals surface area (Å²) in [6.07, 6.45) is 10.0. The molecule has 0 radical (unpaired) electrons. The molecule has 4 aliphatic carbocycles. The number of rotatable bonds is 4. The van der Waals surface area contributed by atoms with E-state index >= 15 is 0 Å². The second-order valence-electron chi connectivity index (χ2n) is 13.6. The summed E-state index contributed by atoms with van der Waals surface area (Å²) in [6, 6.07) is 5.33. The van der Waals surface area contributed by atoms with Crippen LogP contribution in [0.4, 0.5) is 0 Å². The van der Waals surface area contributed by atoms with E-state index in [9.17, 15) is 15.0 Å². The Morgan fingerprint density at radius 2 is 1.92 bits per heavy atom. The van der Waals surface area contributed by atoms with Crippen molar-refractivity contribution in [1.82, 2.24) is 9.97 Å². The Kier molecular flexibility index (Phi) is 6.52. The minimum absolute atomic E-state index is 0.0501. The van der Waals surface area contributed by atoms with Crippen molar-refractivity contribution >= 4 is 22.5 Å². The molecule has 37 heavy (non-hydrogen) atoms. The summed E-state index contributed by atoms with van der Waals surface area (Å²) in [5.74, 6) is 4.08. The number of fused-ring (bicyclic) bond motifs is 6. The number of hydrogen-bond donors (Lipinski definition) is 3. The zero-order valence-corrected chi connectivity index (χ0v) is 23.3. The van der Waals surface area contributed by atoms with E-state index in [4.69, 9.17) is 16.6 Å². The van der Waals surface area contributed by atoms with E-state index in [1.807, 2.05) is 0 Å². The van der Waals surface area contributed by atoms with Gasteiger partial charge in [0.05, 0.1) is 28.1 Å². The molecule has 4 aliphatic rings. The number of hydrogen-bond acceptors (Lipinski definition) is 4. The number of halogens is 1. The average molecular weight is 527 g/mol. The van der Waals surface area contributed by atoms with Crippen molar-refractivity contribution in [2.75, 3.05) is 0 Å². The largest absolute Gasteiger partial charge is 0.393 e. The molecule has 5 nitrogen and oxygen atoms in total. The molecule has 0 bridgehead atoms. The molecule has 0 aliphatic heterocycles. The molecule has 1 aromatic carbocycles. The number of aromatic nitrogens is 2. The number of benzene rings is 1. The van der Waals surface area contributed by atoms with Crippen LogP contribution in [-0.2, 0) is 6.42 Å². The normalized spacial score (nSPS) is 42.2. The second kappa shape index (κ2) is 9.34. The van der Waals surface area contributed by atoms with Crippen LogP contribution in [0, 0.1) is 46.3 Å². The van der Waals surface area contributed by atoms with Crippen molar-refractivity contribution in [1.29, 1.82) is 0 Å². The summed E-state index contributed by atoms with van der Waals surface area (Å²) in [5, 5.41) is 23.2. The molecule has 1 heterocycles. The maximum absolute atomic E-state index is 12.6. The second-order valence-corrected chi connectivity index (χ2v) is 14.0. The van der Waals surface area contributed by atoms with Gasteiger partial charge in [-0.3, -0.25) is 4.79 Å². The molecule has 10 atom stereocenters. The SMILES string of the molecule is C[C@H](CCc1nc2c(Cl)cccc2c(=O)[nH]1)[C@H]1CC[C@H]2[C@@H]3CC[C@@H]4C[C@H](O)CC[C@]4(C)C3C[C@H](O)[C@]12C. The third-order valence-corrected chi connectivity index (χ3v) is 12.4. The number of aromatic amines is 1. The van der Waals surface area contributed by atoms with Crippen LogP contribution in [-0.4, -0.2) is 32.4 Å². The van der Waals surface area contributed by atoms with Crippen molar-refractivity contribution in [3.05, 3.63) is 39.4 Å². The van der Waals surface area contributed by atoms with E-state index in [0.717, 1.165) is 32.1 Å². The van der Waals surface area contributed by atoms with Crippen molar-refractivity contribution in [3.63, 3.8) is 0 Å². The molecule has 3 N–H and O–H groups in total. The van der Waals surface area contributed by atoms with Crippen molar-refractivity contribution in [2.45, 2.75) is 97.2 Å². The number of aliphatic hydroxyl groups excluding tert-OH is 2. The Balaban J connectivity index is 1.20. The number of H-pyrrole nitrogens is 1. The van der Waals surface area contributed by atoms with E-state index in [1.54, 1.807) is 18.2 Å². The Bertz CT molecular complexity index is 1230. The van der Waals surface area contributed by atoms with E-state index < -0.39 is 0 Å². The molecular formula is C31H43ClN2O3. The molecule has 1 aromatic heterocycles. The number of para-hydroxylation sites is 1. The maximum Gasteiger partial charge on any atom is 0.258 e. The lowest BCUT2D eigenvalue weighted by Crippen LogP contribution is -2.58. The van der Waals surface area contributed by atoms with Gasteiger partial charge in [0.15, 0.2) is 0 Å². The standard InChI is InChI=1S/C31H43ClN2O3/c1-17(7-12-27-33-28-21(29(37)34-27)5-4-6-25(28)32)22-10-11-23-20-9-8-18-15-19(35)13-14-30(18,2)24(20)16-26(36)31(22,23)3/h4-6,17-20,22-24,26,35-36H,7-16H2,1-3H3,(H,33,34,37)/t17-,18-,19-,20+,22-,23+,24?,26+,30+,31-/m1/s1. The lowest BCUT2D eigenvalue weighted by atomic mass is 9.43. The number of nitrogens with one attached hydrogen (secondary N) is 1. The molecule has 0 saturated heterocycles. The highest BCUT2D eigenvalue weighted by molar-refractivity contribution is 6.34. The highest BCUT2D eigenvalue weighted by Crippen LogP contribution is 2.68. The molecule has 4 fully saturated rings. The number of aryl methyl sites for hydroxylation is 1. The number of aliphatic hydroxyl groups is 2. The molecule has 0 amide bonds. The number of nitrogens with zero attached hydrogens (tertiary/aromatic N) is 1. The fraction of sp³-hybridized carbons (Fsp3) is 0.742. The van der Waals surface area contributed by atoms with E-state index in [-0.39, 0.29) is 28.6 Å². The quantitative estimate of drug-likeness (QED) is 0.447. The fourth-order valence-corrected chi connectivity index (χ4v) is 10.2. The van der Waals surface area contributed by atoms with Gasteiger partial charge in [-0.2, -0.15) is 0 Å². The first kappa shape index (κ1) is 25.8. The summed E-state index contributed by atoms with van der Waals surface area (Å²) in [5.41, 5.74) is 0.668. The Morgan fingerprint density at radius 3 is 2.73 bits per heavy atom. The highest BCUT2D eigenvalue weighted by atomic mass is 35.5. The lowest BCUT2D eigenvalue weighted by Gasteiger charge is -2.62. The Hall–Kier alpha value is -1.43. The molecule has 1 unspecified atom stereocenters. The van der Waals surface area contributed by atoms with Crippen LogP contribution in [0.1, 0.15) is 84.4 Å². The molecule has 6 rings (SSSR count). The zero-order valence-electron chi connectivity index (χ0n) is 22.5. The zero-order chi connectivity index (χ0) is 26.1. The van der Waals surface area contributed by atoms with E-state index in [2.05, 4.69) is 25.8 Å². The van der Waals surface area contributed by atoms with Gasteiger partial charge in [-0.05, 0) is 116 Å². The van der Waals surface area contributed by atoms with Crippen LogP contribution in [0.15, 0.2) is 23.0 Å². The first-order valence-corrected chi connectivity index (χ1v) is 15.0. The van der Waals surface area contributed by atoms with Crippen LogP contribution in [0.3, 0.4) is 0 Å². The van der Waals surface area contributed by atoms with Crippen LogP contribution in [0.25, 0.3) is 10.9 Å². The van der Waals surface area contributed by atoms with Gasteiger partial charge in [0.25, 0.3) is 5.56 Å². The van der Waals surface area contributed by atoms with Gasteiger partial charge in [-0.1, -0.05) is 38.4 Å². The summed E-state index contributed by atoms with van der Waals surface area (Å²) >= 11 is 6.34. The van der Waals surface area contributed by atoms with E-state index in [1.165, 1.54) is 25.7 Å². The third-order valence-electron chi connectivity index (χ3n) is 12.1. The van der Waals surface area contributed by atoms with Crippen molar-refractivity contribution in [3.8, 4) is 0 Å². The molecule has 0 spiro atoms. The monoisotopic (exact) mass is 526 g/mol. The van der Waals surface area contributed by atoms with Crippen molar-refractivity contribution < 1.29 is 10.2 Å². The van der Waals surface area contributed by atoms with Crippen LogP contribution in [0.5, 0.6) is 0 Å². The van der Waals surface area contributed by atoms with Gasteiger partial charge in [-0.15, -0.1) is 0 Å². The fourth-order valence-electron chi connectivity index (χ4n) is 10.0. The first-order valence-electron chi connectivity index (χ1n) is 14.7. The lowest BCUT2D eigenvalue weighted by molar-refractivity contribution is -0.174. The summed E-state index contributed by atoms with van der Waals surface area (Å²) in [4.78, 5) is 20.3. The summed E-state index contributed by atoms with van der Waals surface area (Å²) in [7, 11) is 0. The summed E-state index contributed by atoms with van der Waals surface area (Å²) < 4.78 is 0. The Morgan fingerprint density at radius 1 is 1.11 bits per heavy atom. The van der Waals surface area contributed by atoms with Gasteiger partial charge in [0.2, 0.25) is 0 Å². The Labute approximate surface area is 225 Å². The molecular weight excluding hydrogens is 484 g/mol. The van der Waals surface area contributed by atoms with Gasteiger partial charge in [0, 0.05) is 6.42 Å². The minimum Gasteiger partial charge on any atom is -0.393 e. The minimum atomic E-state index is -0.270. The maximum atomic E-state index is 12.6. The van der Waals surface area contributed by atoms with Gasteiger partial charge in [0.1, 0.15) is 5.82 Å². The highest BCUT2D eigenvalue weighted by Gasteiger charge is 2.63. The molecule has 6 heteroatoms. The topological polar surface area (TPSA) is 86.2 Å². The van der Waals surface area contributed by atoms with Crippen LogP contribution in [0.2, 0.25) is 5.02 Å². The average Bonchev–Trinajstić information content (AvgIpc) is 3.23.